The smallest absolute Gasteiger partial charge is 0.135 e. The van der Waals surface area contributed by atoms with E-state index in [1.54, 1.807) is 0 Å². The predicted octanol–water partition coefficient (Wildman–Crippen LogP) is 4.22. The van der Waals surface area contributed by atoms with Crippen molar-refractivity contribution in [2.24, 2.45) is 0 Å². The van der Waals surface area contributed by atoms with Crippen LogP contribution < -0.4 is 5.32 Å². The highest BCUT2D eigenvalue weighted by Gasteiger charge is 2.29. The van der Waals surface area contributed by atoms with Crippen LogP contribution in [0, 0.1) is 0 Å². The second-order valence-corrected chi connectivity index (χ2v) is 7.84. The minimum absolute atomic E-state index is 0.536. The lowest BCUT2D eigenvalue weighted by Gasteiger charge is -2.39. The van der Waals surface area contributed by atoms with Crippen LogP contribution in [0.15, 0.2) is 6.07 Å². The van der Waals surface area contributed by atoms with Gasteiger partial charge in [-0.05, 0) is 64.5 Å². The van der Waals surface area contributed by atoms with E-state index in [1.807, 2.05) is 6.07 Å². The lowest BCUT2D eigenvalue weighted by Crippen LogP contribution is -2.43. The molecule has 1 aliphatic heterocycles. The number of nitrogens with zero attached hydrogens (tertiary/aromatic N) is 3. The standard InChI is InChI=1S/C18H27ClN4/c19-16-12-17(22-18(21-16)13-4-5-13)20-14-6-8-15(9-7-14)23-10-2-1-3-11-23/h12-15H,1-11H2,(H,20,21,22). The molecule has 1 N–H and O–H groups in total. The Balaban J connectivity index is 1.32. The lowest BCUT2D eigenvalue weighted by atomic mass is 9.89. The van der Waals surface area contributed by atoms with Gasteiger partial charge >= 0.3 is 0 Å². The van der Waals surface area contributed by atoms with E-state index in [4.69, 9.17) is 11.6 Å². The molecule has 23 heavy (non-hydrogen) atoms. The molecule has 0 spiro atoms. The molecule has 0 amide bonds. The van der Waals surface area contributed by atoms with Crippen molar-refractivity contribution in [2.75, 3.05) is 18.4 Å². The van der Waals surface area contributed by atoms with Crippen LogP contribution in [0.1, 0.15) is 69.5 Å². The number of halogens is 1. The van der Waals surface area contributed by atoms with Gasteiger partial charge in [-0.25, -0.2) is 9.97 Å². The van der Waals surface area contributed by atoms with Gasteiger partial charge in [0.25, 0.3) is 0 Å². The highest BCUT2D eigenvalue weighted by atomic mass is 35.5. The van der Waals surface area contributed by atoms with Gasteiger partial charge in [-0.2, -0.15) is 0 Å². The molecule has 0 aromatic carbocycles. The number of likely N-dealkylation sites (tertiary alicyclic amines) is 1. The number of piperidine rings is 1. The lowest BCUT2D eigenvalue weighted by molar-refractivity contribution is 0.127. The third-order valence-corrected chi connectivity index (χ3v) is 5.80. The quantitative estimate of drug-likeness (QED) is 0.837. The van der Waals surface area contributed by atoms with Crippen molar-refractivity contribution in [3.63, 3.8) is 0 Å². The Labute approximate surface area is 144 Å². The second-order valence-electron chi connectivity index (χ2n) is 7.45. The molecule has 0 atom stereocenters. The largest absolute Gasteiger partial charge is 0.367 e. The molecule has 0 unspecified atom stereocenters. The van der Waals surface area contributed by atoms with Gasteiger partial charge in [-0.15, -0.1) is 0 Å². The van der Waals surface area contributed by atoms with Crippen LogP contribution in [0.5, 0.6) is 0 Å². The molecule has 126 valence electrons. The third-order valence-electron chi connectivity index (χ3n) is 5.61. The summed E-state index contributed by atoms with van der Waals surface area (Å²) in [5.41, 5.74) is 0. The van der Waals surface area contributed by atoms with E-state index < -0.39 is 0 Å². The summed E-state index contributed by atoms with van der Waals surface area (Å²) < 4.78 is 0. The van der Waals surface area contributed by atoms with Crippen molar-refractivity contribution in [3.05, 3.63) is 17.0 Å². The fourth-order valence-corrected chi connectivity index (χ4v) is 4.30. The molecule has 4 rings (SSSR count). The van der Waals surface area contributed by atoms with Gasteiger partial charge in [0, 0.05) is 24.1 Å². The predicted molar refractivity (Wildman–Crippen MR) is 94.1 cm³/mol. The number of hydrogen-bond acceptors (Lipinski definition) is 4. The molecular formula is C18H27ClN4. The summed E-state index contributed by atoms with van der Waals surface area (Å²) in [6, 6.07) is 3.22. The van der Waals surface area contributed by atoms with Gasteiger partial charge < -0.3 is 10.2 Å². The zero-order valence-electron chi connectivity index (χ0n) is 13.8. The zero-order chi connectivity index (χ0) is 15.6. The number of hydrogen-bond donors (Lipinski definition) is 1. The van der Waals surface area contributed by atoms with Crippen molar-refractivity contribution in [2.45, 2.75) is 75.8 Å². The normalized spacial score (nSPS) is 29.4. The third kappa shape index (κ3) is 3.97. The Kier molecular flexibility index (Phi) is 4.72. The minimum Gasteiger partial charge on any atom is -0.367 e. The van der Waals surface area contributed by atoms with Gasteiger partial charge in [-0.1, -0.05) is 18.0 Å². The fourth-order valence-electron chi connectivity index (χ4n) is 4.11. The van der Waals surface area contributed by atoms with Crippen LogP contribution in [-0.2, 0) is 0 Å². The summed E-state index contributed by atoms with van der Waals surface area (Å²) in [5, 5.41) is 4.19. The molecule has 1 saturated heterocycles. The molecule has 4 nitrogen and oxygen atoms in total. The molecule has 0 bridgehead atoms. The first-order valence-corrected chi connectivity index (χ1v) is 9.71. The molecule has 3 fully saturated rings. The Bertz CT molecular complexity index is 532. The molecular weight excluding hydrogens is 308 g/mol. The summed E-state index contributed by atoms with van der Waals surface area (Å²) in [5.74, 6) is 2.40. The van der Waals surface area contributed by atoms with Crippen molar-refractivity contribution >= 4 is 17.4 Å². The van der Waals surface area contributed by atoms with Crippen molar-refractivity contribution in [1.29, 1.82) is 0 Å². The van der Waals surface area contributed by atoms with E-state index in [2.05, 4.69) is 20.2 Å². The summed E-state index contributed by atoms with van der Waals surface area (Å²) in [6.45, 7) is 2.63. The highest BCUT2D eigenvalue weighted by molar-refractivity contribution is 6.29. The molecule has 2 heterocycles. The summed E-state index contributed by atoms with van der Waals surface area (Å²) >= 11 is 6.17. The average Bonchev–Trinajstić information content (AvgIpc) is 3.41. The summed E-state index contributed by atoms with van der Waals surface area (Å²) in [6.07, 6.45) is 11.7. The molecule has 0 radical (unpaired) electrons. The first kappa shape index (κ1) is 15.6. The van der Waals surface area contributed by atoms with Crippen LogP contribution in [0.2, 0.25) is 5.15 Å². The van der Waals surface area contributed by atoms with Crippen molar-refractivity contribution in [1.82, 2.24) is 14.9 Å². The number of anilines is 1. The van der Waals surface area contributed by atoms with Crippen LogP contribution >= 0.6 is 11.6 Å². The van der Waals surface area contributed by atoms with Crippen molar-refractivity contribution in [3.8, 4) is 0 Å². The minimum atomic E-state index is 0.536. The Morgan fingerprint density at radius 2 is 1.70 bits per heavy atom. The van der Waals surface area contributed by atoms with Crippen molar-refractivity contribution < 1.29 is 0 Å². The van der Waals surface area contributed by atoms with Gasteiger partial charge in [0.1, 0.15) is 16.8 Å². The van der Waals surface area contributed by atoms with Crippen LogP contribution in [0.25, 0.3) is 0 Å². The highest BCUT2D eigenvalue weighted by Crippen LogP contribution is 2.39. The van der Waals surface area contributed by atoms with E-state index in [-0.39, 0.29) is 0 Å². The van der Waals surface area contributed by atoms with Gasteiger partial charge in [0.15, 0.2) is 0 Å². The first-order valence-electron chi connectivity index (χ1n) is 9.33. The number of nitrogens with one attached hydrogen (secondary N) is 1. The molecule has 3 aliphatic rings. The first-order chi connectivity index (χ1) is 11.3. The van der Waals surface area contributed by atoms with Crippen LogP contribution in [-0.4, -0.2) is 40.0 Å². The maximum Gasteiger partial charge on any atom is 0.135 e. The maximum atomic E-state index is 6.17. The van der Waals surface area contributed by atoms with Crippen LogP contribution in [0.3, 0.4) is 0 Å². The average molecular weight is 335 g/mol. The molecule has 2 saturated carbocycles. The van der Waals surface area contributed by atoms with Gasteiger partial charge in [-0.3, -0.25) is 0 Å². The summed E-state index contributed by atoms with van der Waals surface area (Å²) in [7, 11) is 0. The van der Waals surface area contributed by atoms with E-state index in [9.17, 15) is 0 Å². The Morgan fingerprint density at radius 1 is 0.957 bits per heavy atom. The topological polar surface area (TPSA) is 41.0 Å². The van der Waals surface area contributed by atoms with Gasteiger partial charge in [0.05, 0.1) is 0 Å². The maximum absolute atomic E-state index is 6.17. The molecule has 1 aromatic rings. The van der Waals surface area contributed by atoms with E-state index >= 15 is 0 Å². The van der Waals surface area contributed by atoms with E-state index in [1.165, 1.54) is 70.9 Å². The van der Waals surface area contributed by atoms with Gasteiger partial charge in [0.2, 0.25) is 0 Å². The second kappa shape index (κ2) is 6.94. The van der Waals surface area contributed by atoms with Crippen LogP contribution in [0.4, 0.5) is 5.82 Å². The van der Waals surface area contributed by atoms with E-state index in [0.717, 1.165) is 17.7 Å². The summed E-state index contributed by atoms with van der Waals surface area (Å²) in [4.78, 5) is 11.8. The molecule has 2 aliphatic carbocycles. The SMILES string of the molecule is Clc1cc(NC2CCC(N3CCCCC3)CC2)nc(C2CC2)n1. The molecule has 1 aromatic heterocycles. The number of aromatic nitrogens is 2. The van der Waals surface area contributed by atoms with E-state index in [0.29, 0.717) is 17.1 Å². The fraction of sp³-hybridized carbons (Fsp3) is 0.778. The zero-order valence-corrected chi connectivity index (χ0v) is 14.6. The monoisotopic (exact) mass is 334 g/mol. The Hall–Kier alpha value is -0.870. The number of rotatable bonds is 4. The Morgan fingerprint density at radius 3 is 2.39 bits per heavy atom. The molecule has 5 heteroatoms.